The molecule has 3 rings (SSSR count). The normalized spacial score (nSPS) is 16.2. The van der Waals surface area contributed by atoms with Crippen LogP contribution in [0.25, 0.3) is 0 Å². The van der Waals surface area contributed by atoms with Gasteiger partial charge >= 0.3 is 0 Å². The van der Waals surface area contributed by atoms with Gasteiger partial charge in [0.05, 0.1) is 10.6 Å². The van der Waals surface area contributed by atoms with Crippen molar-refractivity contribution in [2.24, 2.45) is 0 Å². The Morgan fingerprint density at radius 1 is 1.37 bits per heavy atom. The van der Waals surface area contributed by atoms with E-state index in [0.717, 1.165) is 0 Å². The van der Waals surface area contributed by atoms with Gasteiger partial charge in [0.25, 0.3) is 5.56 Å². The van der Waals surface area contributed by atoms with Gasteiger partial charge in [-0.15, -0.1) is 0 Å². The SMILES string of the molecule is CN1CCn2c(nc(C(=O)CCc3ccc(F)c(Cl)c3)c(O)c2=O)C1(C)C. The van der Waals surface area contributed by atoms with E-state index in [1.807, 2.05) is 25.8 Å². The molecule has 8 heteroatoms. The highest BCUT2D eigenvalue weighted by Crippen LogP contribution is 2.29. The number of aryl methyl sites for hydroxylation is 1. The maximum absolute atomic E-state index is 13.2. The molecule has 0 amide bonds. The number of likely N-dealkylation sites (N-methyl/N-ethyl adjacent to an activating group) is 1. The fourth-order valence-electron chi connectivity index (χ4n) is 3.19. The zero-order chi connectivity index (χ0) is 19.9. The molecular weight excluding hydrogens is 373 g/mol. The maximum atomic E-state index is 13.2. The van der Waals surface area contributed by atoms with Crippen LogP contribution in [-0.2, 0) is 18.5 Å². The number of aromatic nitrogens is 2. The molecule has 27 heavy (non-hydrogen) atoms. The molecule has 1 aliphatic heterocycles. The molecule has 0 spiro atoms. The lowest BCUT2D eigenvalue weighted by atomic mass is 9.98. The lowest BCUT2D eigenvalue weighted by Gasteiger charge is -2.40. The van der Waals surface area contributed by atoms with Crippen molar-refractivity contribution < 1.29 is 14.3 Å². The number of carbonyl (C=O) groups is 1. The van der Waals surface area contributed by atoms with Crippen LogP contribution in [0.1, 0.15) is 42.1 Å². The monoisotopic (exact) mass is 393 g/mol. The summed E-state index contributed by atoms with van der Waals surface area (Å²) in [5.41, 5.74) is -0.689. The van der Waals surface area contributed by atoms with E-state index in [0.29, 0.717) is 30.9 Å². The molecule has 0 saturated carbocycles. The zero-order valence-corrected chi connectivity index (χ0v) is 16.2. The third kappa shape index (κ3) is 3.49. The van der Waals surface area contributed by atoms with Crippen LogP contribution in [-0.4, -0.2) is 38.9 Å². The van der Waals surface area contributed by atoms with Crippen molar-refractivity contribution in [1.29, 1.82) is 0 Å². The number of carbonyl (C=O) groups excluding carboxylic acids is 1. The molecule has 2 heterocycles. The van der Waals surface area contributed by atoms with Crippen molar-refractivity contribution in [2.45, 2.75) is 38.8 Å². The van der Waals surface area contributed by atoms with Gasteiger partial charge in [0.2, 0.25) is 5.75 Å². The number of Topliss-reactive ketones (excluding diaryl/α,β-unsaturated/α-hetero) is 1. The van der Waals surface area contributed by atoms with E-state index in [-0.39, 0.29) is 17.1 Å². The quantitative estimate of drug-likeness (QED) is 0.808. The molecule has 1 N–H and O–H groups in total. The zero-order valence-electron chi connectivity index (χ0n) is 15.4. The largest absolute Gasteiger partial charge is 0.501 e. The van der Waals surface area contributed by atoms with Gasteiger partial charge in [-0.2, -0.15) is 0 Å². The summed E-state index contributed by atoms with van der Waals surface area (Å²) >= 11 is 5.76. The van der Waals surface area contributed by atoms with Crippen LogP contribution in [0.4, 0.5) is 4.39 Å². The van der Waals surface area contributed by atoms with Crippen molar-refractivity contribution in [3.05, 3.63) is 56.5 Å². The summed E-state index contributed by atoms with van der Waals surface area (Å²) in [7, 11) is 1.92. The molecule has 1 aromatic carbocycles. The van der Waals surface area contributed by atoms with E-state index in [1.54, 1.807) is 6.07 Å². The van der Waals surface area contributed by atoms with E-state index >= 15 is 0 Å². The summed E-state index contributed by atoms with van der Waals surface area (Å²) in [6, 6.07) is 4.24. The number of rotatable bonds is 4. The highest BCUT2D eigenvalue weighted by molar-refractivity contribution is 6.30. The topological polar surface area (TPSA) is 75.4 Å². The molecule has 6 nitrogen and oxygen atoms in total. The van der Waals surface area contributed by atoms with Gasteiger partial charge in [0.1, 0.15) is 11.6 Å². The lowest BCUT2D eigenvalue weighted by Crippen LogP contribution is -2.50. The maximum Gasteiger partial charge on any atom is 0.296 e. The number of hydrogen-bond donors (Lipinski definition) is 1. The van der Waals surface area contributed by atoms with Crippen LogP contribution in [0.5, 0.6) is 5.75 Å². The third-order valence-electron chi connectivity index (χ3n) is 5.19. The number of aromatic hydroxyl groups is 1. The number of fused-ring (bicyclic) bond motifs is 1. The number of hydrogen-bond acceptors (Lipinski definition) is 5. The number of nitrogens with zero attached hydrogens (tertiary/aromatic N) is 3. The first-order valence-electron chi connectivity index (χ1n) is 8.65. The molecule has 0 saturated heterocycles. The summed E-state index contributed by atoms with van der Waals surface area (Å²) in [4.78, 5) is 31.6. The predicted octanol–water partition coefficient (Wildman–Crippen LogP) is 2.74. The molecule has 144 valence electrons. The van der Waals surface area contributed by atoms with Crippen molar-refractivity contribution in [2.75, 3.05) is 13.6 Å². The van der Waals surface area contributed by atoms with Gasteiger partial charge in [-0.05, 0) is 45.0 Å². The summed E-state index contributed by atoms with van der Waals surface area (Å²) in [5.74, 6) is -1.15. The average Bonchev–Trinajstić information content (AvgIpc) is 2.62. The molecule has 2 aromatic rings. The molecule has 0 fully saturated rings. The number of halogens is 2. The predicted molar refractivity (Wildman–Crippen MR) is 99.9 cm³/mol. The van der Waals surface area contributed by atoms with Crippen molar-refractivity contribution in [1.82, 2.24) is 14.5 Å². The Labute approximate surface area is 161 Å². The van der Waals surface area contributed by atoms with Crippen LogP contribution in [0.15, 0.2) is 23.0 Å². The van der Waals surface area contributed by atoms with Crippen LogP contribution in [0, 0.1) is 5.82 Å². The molecule has 0 atom stereocenters. The van der Waals surface area contributed by atoms with Crippen LogP contribution < -0.4 is 5.56 Å². The van der Waals surface area contributed by atoms with Crippen LogP contribution >= 0.6 is 11.6 Å². The Morgan fingerprint density at radius 2 is 2.07 bits per heavy atom. The first kappa shape index (κ1) is 19.5. The van der Waals surface area contributed by atoms with Crippen molar-refractivity contribution in [3.63, 3.8) is 0 Å². The lowest BCUT2D eigenvalue weighted by molar-refractivity contribution is 0.0946. The van der Waals surface area contributed by atoms with E-state index in [1.165, 1.54) is 16.7 Å². The van der Waals surface area contributed by atoms with Crippen LogP contribution in [0.3, 0.4) is 0 Å². The Kier molecular flexibility index (Phi) is 5.10. The van der Waals surface area contributed by atoms with Crippen molar-refractivity contribution in [3.8, 4) is 5.75 Å². The van der Waals surface area contributed by atoms with Gasteiger partial charge in [0.15, 0.2) is 11.5 Å². The minimum absolute atomic E-state index is 0.0156. The Bertz CT molecular complexity index is 971. The highest BCUT2D eigenvalue weighted by atomic mass is 35.5. The fourth-order valence-corrected chi connectivity index (χ4v) is 3.39. The van der Waals surface area contributed by atoms with Gasteiger partial charge in [-0.25, -0.2) is 9.37 Å². The molecule has 1 aromatic heterocycles. The average molecular weight is 394 g/mol. The second-order valence-electron chi connectivity index (χ2n) is 7.24. The first-order chi connectivity index (χ1) is 12.6. The molecule has 0 aliphatic carbocycles. The van der Waals surface area contributed by atoms with Gasteiger partial charge in [-0.3, -0.25) is 19.1 Å². The van der Waals surface area contributed by atoms with E-state index in [2.05, 4.69) is 4.98 Å². The minimum Gasteiger partial charge on any atom is -0.501 e. The standard InChI is InChI=1S/C19H21ClFN3O3/c1-19(2)18-22-15(16(26)17(27)24(18)9-8-23(19)3)14(25)7-5-11-4-6-13(21)12(20)10-11/h4,6,10,26H,5,7-9H2,1-3H3. The minimum atomic E-state index is -0.624. The summed E-state index contributed by atoms with van der Waals surface area (Å²) in [6.45, 7) is 4.86. The van der Waals surface area contributed by atoms with Crippen molar-refractivity contribution >= 4 is 17.4 Å². The molecule has 1 aliphatic rings. The highest BCUT2D eigenvalue weighted by Gasteiger charge is 2.36. The van der Waals surface area contributed by atoms with E-state index in [4.69, 9.17) is 11.6 Å². The Morgan fingerprint density at radius 3 is 2.74 bits per heavy atom. The van der Waals surface area contributed by atoms with Gasteiger partial charge in [0, 0.05) is 19.5 Å². The van der Waals surface area contributed by atoms with Gasteiger partial charge in [-0.1, -0.05) is 17.7 Å². The fraction of sp³-hybridized carbons (Fsp3) is 0.421. The van der Waals surface area contributed by atoms with E-state index in [9.17, 15) is 19.1 Å². The number of ketones is 1. The molecular formula is C19H21ClFN3O3. The first-order valence-corrected chi connectivity index (χ1v) is 9.03. The third-order valence-corrected chi connectivity index (χ3v) is 5.48. The van der Waals surface area contributed by atoms with Crippen LogP contribution in [0.2, 0.25) is 5.02 Å². The molecule has 0 unspecified atom stereocenters. The summed E-state index contributed by atoms with van der Waals surface area (Å²) < 4.78 is 14.7. The molecule has 0 bridgehead atoms. The van der Waals surface area contributed by atoms with Gasteiger partial charge < -0.3 is 5.11 Å². The Balaban J connectivity index is 1.91. The van der Waals surface area contributed by atoms with E-state index < -0.39 is 28.4 Å². The Hall–Kier alpha value is -2.25. The number of benzene rings is 1. The smallest absolute Gasteiger partial charge is 0.296 e. The molecule has 0 radical (unpaired) electrons. The summed E-state index contributed by atoms with van der Waals surface area (Å²) in [5, 5.41) is 10.2. The summed E-state index contributed by atoms with van der Waals surface area (Å²) in [6.07, 6.45) is 0.309. The second-order valence-corrected chi connectivity index (χ2v) is 7.65. The second kappa shape index (κ2) is 7.05.